The molecule has 0 unspecified atom stereocenters. The second-order valence-corrected chi connectivity index (χ2v) is 8.27. The van der Waals surface area contributed by atoms with Crippen LogP contribution in [0.5, 0.6) is 11.5 Å². The minimum atomic E-state index is -0.359. The van der Waals surface area contributed by atoms with Crippen LogP contribution < -0.4 is 19.7 Å². The van der Waals surface area contributed by atoms with E-state index in [-0.39, 0.29) is 43.3 Å². The molecule has 4 rings (SSSR count). The van der Waals surface area contributed by atoms with Crippen molar-refractivity contribution in [2.45, 2.75) is 19.8 Å². The van der Waals surface area contributed by atoms with Gasteiger partial charge in [-0.25, -0.2) is 0 Å². The second kappa shape index (κ2) is 10.2. The normalized spacial score (nSPS) is 12.7. The fourth-order valence-electron chi connectivity index (χ4n) is 3.73. The lowest BCUT2D eigenvalue weighted by atomic mass is 10.0. The standard InChI is InChI=1S/C27H26N2O5/c1-18(2)21-10-6-7-11-24(21)33-16-23(30)19-12-13-25-22(14-19)29(27(32)17-34-25)15-26(31)28-20-8-4-3-5-9-20/h3-14,18H,15-17H2,1-2H3,(H,28,31). The molecule has 1 N–H and O–H groups in total. The highest BCUT2D eigenvalue weighted by Crippen LogP contribution is 2.33. The number of amides is 2. The number of Topliss-reactive ketones (excluding diaryl/α,β-unsaturated/α-hetero) is 1. The van der Waals surface area contributed by atoms with Crippen LogP contribution in [0.2, 0.25) is 0 Å². The number of hydrogen-bond acceptors (Lipinski definition) is 5. The van der Waals surface area contributed by atoms with Gasteiger partial charge in [-0.05, 0) is 47.9 Å². The molecule has 0 radical (unpaired) electrons. The number of ether oxygens (including phenoxy) is 2. The lowest BCUT2D eigenvalue weighted by Crippen LogP contribution is -2.43. The molecule has 0 fully saturated rings. The van der Waals surface area contributed by atoms with Gasteiger partial charge in [-0.2, -0.15) is 0 Å². The third kappa shape index (κ3) is 5.26. The Morgan fingerprint density at radius 1 is 1.03 bits per heavy atom. The minimum Gasteiger partial charge on any atom is -0.485 e. The largest absolute Gasteiger partial charge is 0.485 e. The number of carbonyl (C=O) groups is 3. The van der Waals surface area contributed by atoms with E-state index in [2.05, 4.69) is 19.2 Å². The number of benzene rings is 3. The number of nitrogens with zero attached hydrogens (tertiary/aromatic N) is 1. The van der Waals surface area contributed by atoms with Gasteiger partial charge in [-0.3, -0.25) is 19.3 Å². The Bertz CT molecular complexity index is 1210. The number of anilines is 2. The average molecular weight is 459 g/mol. The number of rotatable bonds is 8. The summed E-state index contributed by atoms with van der Waals surface area (Å²) in [6.07, 6.45) is 0. The van der Waals surface area contributed by atoms with Crippen LogP contribution in [0, 0.1) is 0 Å². The Balaban J connectivity index is 1.49. The number of carbonyl (C=O) groups excluding carboxylic acids is 3. The second-order valence-electron chi connectivity index (χ2n) is 8.27. The molecular formula is C27H26N2O5. The van der Waals surface area contributed by atoms with Crippen LogP contribution >= 0.6 is 0 Å². The molecule has 1 heterocycles. The molecule has 34 heavy (non-hydrogen) atoms. The van der Waals surface area contributed by atoms with E-state index in [1.807, 2.05) is 42.5 Å². The van der Waals surface area contributed by atoms with Gasteiger partial charge in [0.05, 0.1) is 5.69 Å². The van der Waals surface area contributed by atoms with E-state index in [0.717, 1.165) is 5.56 Å². The van der Waals surface area contributed by atoms with Gasteiger partial charge in [0.1, 0.15) is 18.0 Å². The van der Waals surface area contributed by atoms with Gasteiger partial charge >= 0.3 is 0 Å². The number of nitrogens with one attached hydrogen (secondary N) is 1. The summed E-state index contributed by atoms with van der Waals surface area (Å²) in [5, 5.41) is 2.77. The van der Waals surface area contributed by atoms with Crippen molar-refractivity contribution in [2.75, 3.05) is 30.0 Å². The first-order valence-corrected chi connectivity index (χ1v) is 11.1. The highest BCUT2D eigenvalue weighted by molar-refractivity contribution is 6.06. The molecule has 7 nitrogen and oxygen atoms in total. The van der Waals surface area contributed by atoms with Crippen LogP contribution in [0.25, 0.3) is 0 Å². The molecule has 7 heteroatoms. The van der Waals surface area contributed by atoms with Crippen LogP contribution in [0.4, 0.5) is 11.4 Å². The number of para-hydroxylation sites is 2. The molecule has 0 saturated heterocycles. The summed E-state index contributed by atoms with van der Waals surface area (Å²) in [4.78, 5) is 39.3. The highest BCUT2D eigenvalue weighted by Gasteiger charge is 2.28. The van der Waals surface area contributed by atoms with Crippen molar-refractivity contribution < 1.29 is 23.9 Å². The maximum Gasteiger partial charge on any atom is 0.265 e. The lowest BCUT2D eigenvalue weighted by molar-refractivity contribution is -0.123. The Morgan fingerprint density at radius 3 is 2.53 bits per heavy atom. The summed E-state index contributed by atoms with van der Waals surface area (Å²) >= 11 is 0. The van der Waals surface area contributed by atoms with Crippen LogP contribution in [0.3, 0.4) is 0 Å². The first-order chi connectivity index (χ1) is 16.4. The summed E-state index contributed by atoms with van der Waals surface area (Å²) in [6.45, 7) is 3.61. The smallest absolute Gasteiger partial charge is 0.265 e. The zero-order chi connectivity index (χ0) is 24.1. The van der Waals surface area contributed by atoms with E-state index in [9.17, 15) is 14.4 Å². The van der Waals surface area contributed by atoms with E-state index in [4.69, 9.17) is 9.47 Å². The predicted octanol–water partition coefficient (Wildman–Crippen LogP) is 4.44. The van der Waals surface area contributed by atoms with E-state index >= 15 is 0 Å². The van der Waals surface area contributed by atoms with Crippen LogP contribution in [0.1, 0.15) is 35.7 Å². The first kappa shape index (κ1) is 23.0. The number of hydrogen-bond donors (Lipinski definition) is 1. The van der Waals surface area contributed by atoms with Crippen LogP contribution in [0.15, 0.2) is 72.8 Å². The van der Waals surface area contributed by atoms with Crippen molar-refractivity contribution in [3.05, 3.63) is 83.9 Å². The van der Waals surface area contributed by atoms with E-state index in [1.54, 1.807) is 30.3 Å². The molecule has 0 atom stereocenters. The Hall–Kier alpha value is -4.13. The summed E-state index contributed by atoms with van der Waals surface area (Å²) in [5.41, 5.74) is 2.41. The summed E-state index contributed by atoms with van der Waals surface area (Å²) in [6, 6.07) is 21.5. The van der Waals surface area contributed by atoms with Crippen molar-refractivity contribution >= 4 is 29.0 Å². The monoisotopic (exact) mass is 458 g/mol. The van der Waals surface area contributed by atoms with Gasteiger partial charge in [0.25, 0.3) is 5.91 Å². The third-order valence-electron chi connectivity index (χ3n) is 5.48. The zero-order valence-electron chi connectivity index (χ0n) is 19.1. The number of fused-ring (bicyclic) bond motifs is 1. The van der Waals surface area contributed by atoms with Crippen molar-refractivity contribution in [3.63, 3.8) is 0 Å². The summed E-state index contributed by atoms with van der Waals surface area (Å²) < 4.78 is 11.3. The van der Waals surface area contributed by atoms with Crippen molar-refractivity contribution in [3.8, 4) is 11.5 Å². The molecule has 1 aliphatic heterocycles. The van der Waals surface area contributed by atoms with Crippen LogP contribution in [-0.4, -0.2) is 37.4 Å². The zero-order valence-corrected chi connectivity index (χ0v) is 19.1. The van der Waals surface area contributed by atoms with Gasteiger partial charge < -0.3 is 14.8 Å². The van der Waals surface area contributed by atoms with Gasteiger partial charge in [0.15, 0.2) is 19.0 Å². The van der Waals surface area contributed by atoms with E-state index < -0.39 is 0 Å². The molecule has 2 amide bonds. The SMILES string of the molecule is CC(C)c1ccccc1OCC(=O)c1ccc2c(c1)N(CC(=O)Nc1ccccc1)C(=O)CO2. The maximum atomic E-state index is 12.9. The highest BCUT2D eigenvalue weighted by atomic mass is 16.5. The Labute approximate surface area is 198 Å². The summed E-state index contributed by atoms with van der Waals surface area (Å²) in [7, 11) is 0. The van der Waals surface area contributed by atoms with Crippen molar-refractivity contribution in [1.82, 2.24) is 0 Å². The van der Waals surface area contributed by atoms with Gasteiger partial charge in [0.2, 0.25) is 5.91 Å². The quantitative estimate of drug-likeness (QED) is 0.505. The molecule has 0 saturated carbocycles. The fourth-order valence-corrected chi connectivity index (χ4v) is 3.73. The van der Waals surface area contributed by atoms with E-state index in [1.165, 1.54) is 4.90 Å². The maximum absolute atomic E-state index is 12.9. The lowest BCUT2D eigenvalue weighted by Gasteiger charge is -2.29. The molecule has 3 aromatic rings. The molecule has 0 aliphatic carbocycles. The van der Waals surface area contributed by atoms with Crippen LogP contribution in [-0.2, 0) is 9.59 Å². The molecular weight excluding hydrogens is 432 g/mol. The Kier molecular flexibility index (Phi) is 6.92. The molecule has 3 aromatic carbocycles. The van der Waals surface area contributed by atoms with Crippen molar-refractivity contribution in [2.24, 2.45) is 0 Å². The summed E-state index contributed by atoms with van der Waals surface area (Å²) in [5.74, 6) is 0.415. The van der Waals surface area contributed by atoms with Gasteiger partial charge in [-0.15, -0.1) is 0 Å². The molecule has 174 valence electrons. The fraction of sp³-hybridized carbons (Fsp3) is 0.222. The molecule has 0 aromatic heterocycles. The average Bonchev–Trinajstić information content (AvgIpc) is 2.84. The van der Waals surface area contributed by atoms with Gasteiger partial charge in [0, 0.05) is 11.3 Å². The minimum absolute atomic E-state index is 0.147. The Morgan fingerprint density at radius 2 is 1.76 bits per heavy atom. The molecule has 0 spiro atoms. The first-order valence-electron chi connectivity index (χ1n) is 11.1. The number of ketones is 1. The topological polar surface area (TPSA) is 84.9 Å². The molecule has 1 aliphatic rings. The third-order valence-corrected chi connectivity index (χ3v) is 5.48. The predicted molar refractivity (Wildman–Crippen MR) is 130 cm³/mol. The molecule has 0 bridgehead atoms. The van der Waals surface area contributed by atoms with Gasteiger partial charge in [-0.1, -0.05) is 50.2 Å². The van der Waals surface area contributed by atoms with Crippen molar-refractivity contribution in [1.29, 1.82) is 0 Å². The van der Waals surface area contributed by atoms with E-state index in [0.29, 0.717) is 28.4 Å².